The van der Waals surface area contributed by atoms with Crippen molar-refractivity contribution in [1.29, 1.82) is 0 Å². The van der Waals surface area contributed by atoms with E-state index in [4.69, 9.17) is 5.11 Å². The second kappa shape index (κ2) is 5.25. The molecular weight excluding hydrogens is 225 g/mol. The van der Waals surface area contributed by atoms with Gasteiger partial charge in [0.15, 0.2) is 0 Å². The number of hydrogen-bond donors (Lipinski definition) is 2. The lowest BCUT2D eigenvalue weighted by molar-refractivity contribution is -0.131. The number of benzene rings is 1. The van der Waals surface area contributed by atoms with Crippen LogP contribution in [-0.2, 0) is 9.59 Å². The Hall–Kier alpha value is -2.17. The number of nitrogens with one attached hydrogen (secondary N) is 1. The van der Waals surface area contributed by atoms with E-state index in [0.29, 0.717) is 11.1 Å². The van der Waals surface area contributed by atoms with Gasteiger partial charge in [-0.1, -0.05) is 12.1 Å². The standard InChI is InChI=1S/C12H12FNO3/c1-7-3-4-9(5-6-10(16)17)12(11(7)13)14-8(2)15/h3-6H,1-2H3,(H,14,15)(H,16,17). The molecule has 4 nitrogen and oxygen atoms in total. The summed E-state index contributed by atoms with van der Waals surface area (Å²) in [5, 5.41) is 10.9. The van der Waals surface area contributed by atoms with E-state index in [2.05, 4.69) is 5.32 Å². The van der Waals surface area contributed by atoms with E-state index < -0.39 is 17.7 Å². The largest absolute Gasteiger partial charge is 0.478 e. The number of carbonyl (C=O) groups is 2. The van der Waals surface area contributed by atoms with Crippen LogP contribution in [0.1, 0.15) is 18.1 Å². The van der Waals surface area contributed by atoms with E-state index in [1.807, 2.05) is 0 Å². The van der Waals surface area contributed by atoms with Crippen LogP contribution in [0.15, 0.2) is 18.2 Å². The fraction of sp³-hybridized carbons (Fsp3) is 0.167. The Kier molecular flexibility index (Phi) is 3.98. The minimum atomic E-state index is -1.14. The number of carbonyl (C=O) groups excluding carboxylic acids is 1. The molecule has 0 bridgehead atoms. The molecule has 90 valence electrons. The van der Waals surface area contributed by atoms with Gasteiger partial charge in [-0.2, -0.15) is 0 Å². The Labute approximate surface area is 97.8 Å². The third kappa shape index (κ3) is 3.41. The zero-order valence-corrected chi connectivity index (χ0v) is 9.45. The van der Waals surface area contributed by atoms with Gasteiger partial charge in [0.2, 0.25) is 5.91 Å². The average Bonchev–Trinajstić information content (AvgIpc) is 2.23. The zero-order chi connectivity index (χ0) is 13.0. The van der Waals surface area contributed by atoms with Crippen molar-refractivity contribution in [2.24, 2.45) is 0 Å². The molecule has 0 spiro atoms. The highest BCUT2D eigenvalue weighted by atomic mass is 19.1. The molecule has 5 heteroatoms. The highest BCUT2D eigenvalue weighted by Crippen LogP contribution is 2.24. The van der Waals surface area contributed by atoms with Gasteiger partial charge in [0, 0.05) is 18.6 Å². The van der Waals surface area contributed by atoms with E-state index in [9.17, 15) is 14.0 Å². The Bertz CT molecular complexity index is 495. The maximum atomic E-state index is 13.8. The second-order valence-corrected chi connectivity index (χ2v) is 3.51. The molecule has 0 aliphatic rings. The summed E-state index contributed by atoms with van der Waals surface area (Å²) in [5.41, 5.74) is 0.682. The van der Waals surface area contributed by atoms with Crippen molar-refractivity contribution in [2.45, 2.75) is 13.8 Å². The van der Waals surface area contributed by atoms with Crippen LogP contribution in [-0.4, -0.2) is 17.0 Å². The van der Waals surface area contributed by atoms with E-state index in [0.717, 1.165) is 6.08 Å². The van der Waals surface area contributed by atoms with E-state index in [-0.39, 0.29) is 5.69 Å². The quantitative estimate of drug-likeness (QED) is 0.792. The maximum Gasteiger partial charge on any atom is 0.328 e. The van der Waals surface area contributed by atoms with Gasteiger partial charge in [0.25, 0.3) is 0 Å². The van der Waals surface area contributed by atoms with Gasteiger partial charge in [0.05, 0.1) is 5.69 Å². The lowest BCUT2D eigenvalue weighted by Gasteiger charge is -2.09. The van der Waals surface area contributed by atoms with Crippen molar-refractivity contribution >= 4 is 23.6 Å². The Morgan fingerprint density at radius 2 is 2.06 bits per heavy atom. The molecule has 0 atom stereocenters. The van der Waals surface area contributed by atoms with Gasteiger partial charge in [-0.05, 0) is 18.6 Å². The van der Waals surface area contributed by atoms with Crippen LogP contribution in [0.3, 0.4) is 0 Å². The van der Waals surface area contributed by atoms with E-state index in [1.165, 1.54) is 19.1 Å². The first kappa shape index (κ1) is 12.9. The van der Waals surface area contributed by atoms with Crippen LogP contribution < -0.4 is 5.32 Å². The number of anilines is 1. The molecule has 0 aliphatic carbocycles. The third-order valence-corrected chi connectivity index (χ3v) is 2.07. The van der Waals surface area contributed by atoms with Crippen LogP contribution in [0, 0.1) is 12.7 Å². The van der Waals surface area contributed by atoms with Gasteiger partial charge in [-0.25, -0.2) is 9.18 Å². The summed E-state index contributed by atoms with van der Waals surface area (Å²) in [6.45, 7) is 2.82. The Balaban J connectivity index is 3.24. The normalized spacial score (nSPS) is 10.5. The molecule has 0 radical (unpaired) electrons. The molecule has 2 N–H and O–H groups in total. The summed E-state index contributed by atoms with van der Waals surface area (Å²) in [4.78, 5) is 21.3. The highest BCUT2D eigenvalue weighted by Gasteiger charge is 2.10. The molecule has 1 amide bonds. The van der Waals surface area contributed by atoms with Crippen LogP contribution in [0.2, 0.25) is 0 Å². The smallest absolute Gasteiger partial charge is 0.328 e. The monoisotopic (exact) mass is 237 g/mol. The summed E-state index contributed by atoms with van der Waals surface area (Å²) < 4.78 is 13.8. The van der Waals surface area contributed by atoms with Crippen molar-refractivity contribution in [3.8, 4) is 0 Å². The molecule has 1 aromatic rings. The fourth-order valence-corrected chi connectivity index (χ4v) is 1.30. The van der Waals surface area contributed by atoms with Crippen LogP contribution >= 0.6 is 0 Å². The maximum absolute atomic E-state index is 13.8. The number of rotatable bonds is 3. The fourth-order valence-electron chi connectivity index (χ4n) is 1.30. The molecule has 0 aromatic heterocycles. The predicted octanol–water partition coefficient (Wildman–Crippen LogP) is 2.19. The van der Waals surface area contributed by atoms with Gasteiger partial charge in [-0.3, -0.25) is 4.79 Å². The SMILES string of the molecule is CC(=O)Nc1c(C=CC(=O)O)ccc(C)c1F. The minimum Gasteiger partial charge on any atom is -0.478 e. The number of carboxylic acids is 1. The summed E-state index contributed by atoms with van der Waals surface area (Å²) in [7, 11) is 0. The lowest BCUT2D eigenvalue weighted by atomic mass is 10.1. The highest BCUT2D eigenvalue weighted by molar-refractivity contribution is 5.93. The van der Waals surface area contributed by atoms with Crippen LogP contribution in [0.5, 0.6) is 0 Å². The number of aryl methyl sites for hydroxylation is 1. The molecule has 0 unspecified atom stereocenters. The minimum absolute atomic E-state index is 0.00463. The summed E-state index contributed by atoms with van der Waals surface area (Å²) in [6, 6.07) is 3.06. The molecule has 17 heavy (non-hydrogen) atoms. The van der Waals surface area contributed by atoms with Crippen molar-refractivity contribution in [2.75, 3.05) is 5.32 Å². The van der Waals surface area contributed by atoms with Crippen LogP contribution in [0.4, 0.5) is 10.1 Å². The van der Waals surface area contributed by atoms with Gasteiger partial charge in [0.1, 0.15) is 5.82 Å². The first-order valence-corrected chi connectivity index (χ1v) is 4.89. The topological polar surface area (TPSA) is 66.4 Å². The molecule has 0 saturated carbocycles. The predicted molar refractivity (Wildman–Crippen MR) is 62.1 cm³/mol. The van der Waals surface area contributed by atoms with E-state index >= 15 is 0 Å². The van der Waals surface area contributed by atoms with Crippen LogP contribution in [0.25, 0.3) is 6.08 Å². The summed E-state index contributed by atoms with van der Waals surface area (Å²) in [5.74, 6) is -2.12. The molecule has 0 saturated heterocycles. The number of amides is 1. The van der Waals surface area contributed by atoms with Gasteiger partial charge in [-0.15, -0.1) is 0 Å². The Morgan fingerprint density at radius 1 is 1.41 bits per heavy atom. The molecule has 1 aromatic carbocycles. The number of carboxylic acid groups (broad SMARTS) is 1. The molecule has 0 fully saturated rings. The van der Waals surface area contributed by atoms with Crippen molar-refractivity contribution in [3.63, 3.8) is 0 Å². The molecular formula is C12H12FNO3. The summed E-state index contributed by atoms with van der Waals surface area (Å²) >= 11 is 0. The molecule has 0 aliphatic heterocycles. The van der Waals surface area contributed by atoms with Crippen molar-refractivity contribution < 1.29 is 19.1 Å². The van der Waals surface area contributed by atoms with Gasteiger partial charge < -0.3 is 10.4 Å². The molecule has 1 rings (SSSR count). The lowest BCUT2D eigenvalue weighted by Crippen LogP contribution is -2.09. The zero-order valence-electron chi connectivity index (χ0n) is 9.45. The van der Waals surface area contributed by atoms with Crippen molar-refractivity contribution in [1.82, 2.24) is 0 Å². The number of aliphatic carboxylic acids is 1. The average molecular weight is 237 g/mol. The molecule has 0 heterocycles. The third-order valence-electron chi connectivity index (χ3n) is 2.07. The number of halogens is 1. The summed E-state index contributed by atoms with van der Waals surface area (Å²) in [6.07, 6.45) is 2.12. The Morgan fingerprint density at radius 3 is 2.59 bits per heavy atom. The number of hydrogen-bond acceptors (Lipinski definition) is 2. The van der Waals surface area contributed by atoms with Gasteiger partial charge >= 0.3 is 5.97 Å². The van der Waals surface area contributed by atoms with E-state index in [1.54, 1.807) is 13.0 Å². The van der Waals surface area contributed by atoms with Crippen molar-refractivity contribution in [3.05, 3.63) is 35.2 Å². The second-order valence-electron chi connectivity index (χ2n) is 3.51. The first-order chi connectivity index (χ1) is 7.91. The first-order valence-electron chi connectivity index (χ1n) is 4.89.